The molecule has 0 aliphatic heterocycles. The van der Waals surface area contributed by atoms with Crippen molar-refractivity contribution in [2.75, 3.05) is 19.5 Å². The number of nitrogens with one attached hydrogen (secondary N) is 1. The summed E-state index contributed by atoms with van der Waals surface area (Å²) in [6.07, 6.45) is 3.67. The van der Waals surface area contributed by atoms with Gasteiger partial charge in [-0.15, -0.1) is 0 Å². The number of aryl methyl sites for hydroxylation is 1. The van der Waals surface area contributed by atoms with Gasteiger partial charge < -0.3 is 14.8 Å². The van der Waals surface area contributed by atoms with Crippen LogP contribution >= 0.6 is 0 Å². The van der Waals surface area contributed by atoms with Crippen LogP contribution in [-0.2, 0) is 17.6 Å². The number of ether oxygens (including phenoxy) is 2. The number of benzene rings is 2. The first-order valence-corrected chi connectivity index (χ1v) is 8.26. The molecule has 0 bridgehead atoms. The summed E-state index contributed by atoms with van der Waals surface area (Å²) in [5, 5.41) is 2.93. The van der Waals surface area contributed by atoms with Gasteiger partial charge in [0.05, 0.1) is 20.6 Å². The van der Waals surface area contributed by atoms with E-state index in [9.17, 15) is 4.79 Å². The van der Waals surface area contributed by atoms with Crippen LogP contribution in [0.3, 0.4) is 0 Å². The maximum Gasteiger partial charge on any atom is 0.228 e. The van der Waals surface area contributed by atoms with Crippen LogP contribution in [0.4, 0.5) is 5.69 Å². The molecule has 4 heteroatoms. The average molecular weight is 327 g/mol. The lowest BCUT2D eigenvalue weighted by molar-refractivity contribution is -0.115. The molecule has 24 heavy (non-hydrogen) atoms. The van der Waals surface area contributed by atoms with E-state index >= 15 is 0 Å². The summed E-state index contributed by atoms with van der Waals surface area (Å²) in [5.74, 6) is 1.31. The van der Waals surface area contributed by atoms with Gasteiger partial charge in [-0.25, -0.2) is 0 Å². The number of unbranched alkanes of at least 4 members (excludes halogenated alkanes) is 1. The molecule has 2 aromatic carbocycles. The monoisotopic (exact) mass is 327 g/mol. The molecule has 128 valence electrons. The van der Waals surface area contributed by atoms with E-state index in [2.05, 4.69) is 24.4 Å². The Labute approximate surface area is 143 Å². The number of carbonyl (C=O) groups excluding carboxylic acids is 1. The molecule has 0 saturated heterocycles. The SMILES string of the molecule is CCCCc1ccc(NC(=O)Cc2cc(OC)ccc2OC)cc1. The molecule has 2 rings (SSSR count). The zero-order valence-corrected chi connectivity index (χ0v) is 14.6. The first-order valence-electron chi connectivity index (χ1n) is 8.26. The maximum atomic E-state index is 12.3. The fourth-order valence-corrected chi connectivity index (χ4v) is 2.53. The zero-order valence-electron chi connectivity index (χ0n) is 14.6. The fraction of sp³-hybridized carbons (Fsp3) is 0.350. The summed E-state index contributed by atoms with van der Waals surface area (Å²) in [7, 11) is 3.20. The van der Waals surface area contributed by atoms with E-state index in [0.29, 0.717) is 11.5 Å². The summed E-state index contributed by atoms with van der Waals surface area (Å²) in [6, 6.07) is 13.5. The second-order valence-electron chi connectivity index (χ2n) is 5.70. The molecule has 0 spiro atoms. The second kappa shape index (κ2) is 8.96. The first kappa shape index (κ1) is 17.9. The average Bonchev–Trinajstić information content (AvgIpc) is 2.61. The molecule has 0 aliphatic rings. The Morgan fingerprint density at radius 3 is 2.42 bits per heavy atom. The Hall–Kier alpha value is -2.49. The Balaban J connectivity index is 2.00. The molecule has 0 heterocycles. The molecule has 1 N–H and O–H groups in total. The molecule has 0 aliphatic carbocycles. The zero-order chi connectivity index (χ0) is 17.4. The van der Waals surface area contributed by atoms with Gasteiger partial charge in [-0.05, 0) is 48.7 Å². The molecule has 4 nitrogen and oxygen atoms in total. The lowest BCUT2D eigenvalue weighted by Gasteiger charge is -2.11. The molecular formula is C20H25NO3. The molecule has 0 radical (unpaired) electrons. The van der Waals surface area contributed by atoms with E-state index in [0.717, 1.165) is 17.7 Å². The fourth-order valence-electron chi connectivity index (χ4n) is 2.53. The van der Waals surface area contributed by atoms with Crippen molar-refractivity contribution in [1.82, 2.24) is 0 Å². The lowest BCUT2D eigenvalue weighted by atomic mass is 10.1. The van der Waals surface area contributed by atoms with Crippen LogP contribution in [0.25, 0.3) is 0 Å². The first-order chi connectivity index (χ1) is 11.7. The highest BCUT2D eigenvalue weighted by Crippen LogP contribution is 2.24. The van der Waals surface area contributed by atoms with Crippen molar-refractivity contribution < 1.29 is 14.3 Å². The third-order valence-electron chi connectivity index (χ3n) is 3.90. The van der Waals surface area contributed by atoms with Gasteiger partial charge in [-0.2, -0.15) is 0 Å². The number of methoxy groups -OCH3 is 2. The smallest absolute Gasteiger partial charge is 0.228 e. The van der Waals surface area contributed by atoms with Gasteiger partial charge in [0.1, 0.15) is 11.5 Å². The number of amides is 1. The van der Waals surface area contributed by atoms with Crippen molar-refractivity contribution in [2.24, 2.45) is 0 Å². The van der Waals surface area contributed by atoms with Crippen LogP contribution in [0.2, 0.25) is 0 Å². The summed E-state index contributed by atoms with van der Waals surface area (Å²) in [4.78, 5) is 12.3. The number of carbonyl (C=O) groups is 1. The largest absolute Gasteiger partial charge is 0.497 e. The Morgan fingerprint density at radius 1 is 1.04 bits per heavy atom. The minimum absolute atomic E-state index is 0.0807. The van der Waals surface area contributed by atoms with Crippen molar-refractivity contribution in [3.05, 3.63) is 53.6 Å². The van der Waals surface area contributed by atoms with Crippen molar-refractivity contribution in [3.63, 3.8) is 0 Å². The topological polar surface area (TPSA) is 47.6 Å². The third-order valence-corrected chi connectivity index (χ3v) is 3.90. The summed E-state index contributed by atoms with van der Waals surface area (Å²) in [5.41, 5.74) is 2.90. The second-order valence-corrected chi connectivity index (χ2v) is 5.70. The van der Waals surface area contributed by atoms with Gasteiger partial charge in [0, 0.05) is 11.3 Å². The van der Waals surface area contributed by atoms with Crippen molar-refractivity contribution in [2.45, 2.75) is 32.6 Å². The van der Waals surface area contributed by atoms with E-state index in [-0.39, 0.29) is 12.3 Å². The number of rotatable bonds is 8. The molecule has 0 atom stereocenters. The molecule has 0 unspecified atom stereocenters. The third kappa shape index (κ3) is 5.01. The summed E-state index contributed by atoms with van der Waals surface area (Å²) >= 11 is 0. The predicted molar refractivity (Wildman–Crippen MR) is 96.9 cm³/mol. The van der Waals surface area contributed by atoms with E-state index in [1.165, 1.54) is 18.4 Å². The normalized spacial score (nSPS) is 10.3. The van der Waals surface area contributed by atoms with Gasteiger partial charge in [0.25, 0.3) is 0 Å². The van der Waals surface area contributed by atoms with Crippen LogP contribution in [0.5, 0.6) is 11.5 Å². The van der Waals surface area contributed by atoms with Gasteiger partial charge in [0.15, 0.2) is 0 Å². The highest BCUT2D eigenvalue weighted by atomic mass is 16.5. The molecule has 2 aromatic rings. The van der Waals surface area contributed by atoms with Gasteiger partial charge >= 0.3 is 0 Å². The van der Waals surface area contributed by atoms with E-state index in [1.807, 2.05) is 30.3 Å². The van der Waals surface area contributed by atoms with Crippen LogP contribution in [-0.4, -0.2) is 20.1 Å². The molecule has 0 aromatic heterocycles. The standard InChI is InChI=1S/C20H25NO3/c1-4-5-6-15-7-9-17(10-8-15)21-20(22)14-16-13-18(23-2)11-12-19(16)24-3/h7-13H,4-6,14H2,1-3H3,(H,21,22). The molecule has 0 fully saturated rings. The van der Waals surface area contributed by atoms with Gasteiger partial charge in [-0.3, -0.25) is 4.79 Å². The summed E-state index contributed by atoms with van der Waals surface area (Å²) in [6.45, 7) is 2.18. The highest BCUT2D eigenvalue weighted by Gasteiger charge is 2.10. The minimum atomic E-state index is -0.0807. The molecule has 1 amide bonds. The number of hydrogen-bond donors (Lipinski definition) is 1. The van der Waals surface area contributed by atoms with Crippen LogP contribution in [0.15, 0.2) is 42.5 Å². The van der Waals surface area contributed by atoms with Crippen molar-refractivity contribution in [1.29, 1.82) is 0 Å². The Morgan fingerprint density at radius 2 is 1.79 bits per heavy atom. The van der Waals surface area contributed by atoms with Crippen molar-refractivity contribution in [3.8, 4) is 11.5 Å². The number of hydrogen-bond acceptors (Lipinski definition) is 3. The van der Waals surface area contributed by atoms with Crippen molar-refractivity contribution >= 4 is 11.6 Å². The Kier molecular flexibility index (Phi) is 6.67. The highest BCUT2D eigenvalue weighted by molar-refractivity contribution is 5.92. The van der Waals surface area contributed by atoms with E-state index in [1.54, 1.807) is 14.2 Å². The quantitative estimate of drug-likeness (QED) is 0.789. The van der Waals surface area contributed by atoms with Gasteiger partial charge in [0.2, 0.25) is 5.91 Å². The van der Waals surface area contributed by atoms with E-state index < -0.39 is 0 Å². The molecule has 0 saturated carbocycles. The van der Waals surface area contributed by atoms with Crippen LogP contribution in [0, 0.1) is 0 Å². The summed E-state index contributed by atoms with van der Waals surface area (Å²) < 4.78 is 10.5. The minimum Gasteiger partial charge on any atom is -0.497 e. The molecular weight excluding hydrogens is 302 g/mol. The van der Waals surface area contributed by atoms with Crippen LogP contribution in [0.1, 0.15) is 30.9 Å². The maximum absolute atomic E-state index is 12.3. The van der Waals surface area contributed by atoms with Crippen LogP contribution < -0.4 is 14.8 Å². The van der Waals surface area contributed by atoms with Gasteiger partial charge in [-0.1, -0.05) is 25.5 Å². The predicted octanol–water partition coefficient (Wildman–Crippen LogP) is 4.23. The number of anilines is 1. The van der Waals surface area contributed by atoms with E-state index in [4.69, 9.17) is 9.47 Å². The Bertz CT molecular complexity index is 665. The lowest BCUT2D eigenvalue weighted by Crippen LogP contribution is -2.15.